The highest BCUT2D eigenvalue weighted by Gasteiger charge is 2.32. The van der Waals surface area contributed by atoms with Crippen molar-refractivity contribution in [2.24, 2.45) is 0 Å². The van der Waals surface area contributed by atoms with Crippen LogP contribution in [-0.4, -0.2) is 25.8 Å². The van der Waals surface area contributed by atoms with Gasteiger partial charge >= 0.3 is 0 Å². The van der Waals surface area contributed by atoms with Crippen molar-refractivity contribution < 1.29 is 14.2 Å². The number of rotatable bonds is 2. The number of ether oxygens (including phenoxy) is 3. The van der Waals surface area contributed by atoms with E-state index >= 15 is 0 Å². The average Bonchev–Trinajstić information content (AvgIpc) is 1.99. The lowest BCUT2D eigenvalue weighted by Crippen LogP contribution is -2.42. The van der Waals surface area contributed by atoms with Gasteiger partial charge in [-0.1, -0.05) is 13.2 Å². The molecule has 0 spiro atoms. The van der Waals surface area contributed by atoms with Gasteiger partial charge in [0.05, 0.1) is 13.2 Å². The number of hydrogen-bond acceptors (Lipinski definition) is 3. The third-order valence-electron chi connectivity index (χ3n) is 1.75. The second-order valence-corrected chi connectivity index (χ2v) is 2.74. The first kappa shape index (κ1) is 7.03. The average molecular weight is 154 g/mol. The zero-order valence-corrected chi connectivity index (χ0v) is 6.21. The second kappa shape index (κ2) is 2.44. The second-order valence-electron chi connectivity index (χ2n) is 2.74. The summed E-state index contributed by atoms with van der Waals surface area (Å²) in [4.78, 5) is 0. The fraction of sp³-hybridized carbons (Fsp3) is 0.500. The highest BCUT2D eigenvalue weighted by molar-refractivity contribution is 5.10. The van der Waals surface area contributed by atoms with Gasteiger partial charge in [-0.05, 0) is 0 Å². The Morgan fingerprint density at radius 1 is 1.09 bits per heavy atom. The smallest absolute Gasteiger partial charge is 0.185 e. The van der Waals surface area contributed by atoms with Crippen LogP contribution < -0.4 is 0 Å². The molecule has 2 heterocycles. The maximum absolute atomic E-state index is 5.30. The SMILES string of the molecule is C=C1COC1OC1OCC1=C. The van der Waals surface area contributed by atoms with E-state index in [4.69, 9.17) is 14.2 Å². The van der Waals surface area contributed by atoms with Gasteiger partial charge in [-0.15, -0.1) is 0 Å². The fourth-order valence-corrected chi connectivity index (χ4v) is 0.922. The lowest BCUT2D eigenvalue weighted by Gasteiger charge is -2.37. The van der Waals surface area contributed by atoms with Crippen LogP contribution >= 0.6 is 0 Å². The predicted octanol–water partition coefficient (Wildman–Crippen LogP) is 0.828. The Labute approximate surface area is 65.2 Å². The molecule has 60 valence electrons. The van der Waals surface area contributed by atoms with Gasteiger partial charge in [-0.25, -0.2) is 0 Å². The summed E-state index contributed by atoms with van der Waals surface area (Å²) in [5.41, 5.74) is 1.93. The Bertz CT molecular complexity index is 187. The van der Waals surface area contributed by atoms with Crippen LogP contribution in [-0.2, 0) is 14.2 Å². The molecule has 0 amide bonds. The molecular formula is C8H10O3. The molecular weight excluding hydrogens is 144 g/mol. The van der Waals surface area contributed by atoms with Crippen LogP contribution in [0.3, 0.4) is 0 Å². The third-order valence-corrected chi connectivity index (χ3v) is 1.75. The zero-order chi connectivity index (χ0) is 7.84. The van der Waals surface area contributed by atoms with Crippen LogP contribution in [0.4, 0.5) is 0 Å². The van der Waals surface area contributed by atoms with E-state index in [9.17, 15) is 0 Å². The van der Waals surface area contributed by atoms with Crippen molar-refractivity contribution in [1.82, 2.24) is 0 Å². The number of hydrogen-bond donors (Lipinski definition) is 0. The van der Waals surface area contributed by atoms with E-state index in [2.05, 4.69) is 13.2 Å². The minimum atomic E-state index is -0.267. The molecule has 0 aromatic rings. The van der Waals surface area contributed by atoms with E-state index in [0.717, 1.165) is 11.1 Å². The van der Waals surface area contributed by atoms with Gasteiger partial charge in [0.1, 0.15) is 0 Å². The Balaban J connectivity index is 1.81. The quantitative estimate of drug-likeness (QED) is 0.551. The first-order valence-corrected chi connectivity index (χ1v) is 3.51. The molecule has 0 saturated carbocycles. The van der Waals surface area contributed by atoms with Crippen LogP contribution in [0.25, 0.3) is 0 Å². The molecule has 3 heteroatoms. The van der Waals surface area contributed by atoms with Crippen molar-refractivity contribution in [3.8, 4) is 0 Å². The van der Waals surface area contributed by atoms with Crippen molar-refractivity contribution in [2.45, 2.75) is 12.6 Å². The van der Waals surface area contributed by atoms with Crippen LogP contribution in [0, 0.1) is 0 Å². The molecule has 2 aliphatic rings. The van der Waals surface area contributed by atoms with E-state index in [1.54, 1.807) is 0 Å². The highest BCUT2D eigenvalue weighted by Crippen LogP contribution is 2.26. The van der Waals surface area contributed by atoms with Gasteiger partial charge in [0.15, 0.2) is 12.6 Å². The van der Waals surface area contributed by atoms with Crippen molar-refractivity contribution in [2.75, 3.05) is 13.2 Å². The van der Waals surface area contributed by atoms with Gasteiger partial charge in [0, 0.05) is 11.1 Å². The van der Waals surface area contributed by atoms with Gasteiger partial charge in [-0.3, -0.25) is 0 Å². The lowest BCUT2D eigenvalue weighted by molar-refractivity contribution is -0.268. The monoisotopic (exact) mass is 154 g/mol. The van der Waals surface area contributed by atoms with Crippen molar-refractivity contribution >= 4 is 0 Å². The summed E-state index contributed by atoms with van der Waals surface area (Å²) in [6, 6.07) is 0. The standard InChI is InChI=1S/C8H10O3/c1-5-3-9-7(5)11-8-6(2)4-10-8/h7-8H,1-4H2. The first-order chi connectivity index (χ1) is 5.27. The molecule has 2 atom stereocenters. The molecule has 0 bridgehead atoms. The maximum Gasteiger partial charge on any atom is 0.185 e. The fourth-order valence-electron chi connectivity index (χ4n) is 0.922. The molecule has 0 aromatic carbocycles. The van der Waals surface area contributed by atoms with Crippen LogP contribution in [0.2, 0.25) is 0 Å². The van der Waals surface area contributed by atoms with Gasteiger partial charge in [-0.2, -0.15) is 0 Å². The van der Waals surface area contributed by atoms with Gasteiger partial charge in [0.2, 0.25) is 0 Å². The molecule has 2 saturated heterocycles. The zero-order valence-electron chi connectivity index (χ0n) is 6.21. The highest BCUT2D eigenvalue weighted by atomic mass is 16.8. The lowest BCUT2D eigenvalue weighted by atomic mass is 10.2. The largest absolute Gasteiger partial charge is 0.344 e. The van der Waals surface area contributed by atoms with Gasteiger partial charge in [0.25, 0.3) is 0 Å². The van der Waals surface area contributed by atoms with E-state index in [-0.39, 0.29) is 12.6 Å². The minimum Gasteiger partial charge on any atom is -0.344 e. The van der Waals surface area contributed by atoms with E-state index in [1.807, 2.05) is 0 Å². The maximum atomic E-state index is 5.30. The molecule has 2 rings (SSSR count). The Hall–Kier alpha value is -0.640. The van der Waals surface area contributed by atoms with Crippen LogP contribution in [0.5, 0.6) is 0 Å². The van der Waals surface area contributed by atoms with E-state index in [0.29, 0.717) is 13.2 Å². The van der Waals surface area contributed by atoms with E-state index in [1.165, 1.54) is 0 Å². The van der Waals surface area contributed by atoms with Crippen molar-refractivity contribution in [1.29, 1.82) is 0 Å². The topological polar surface area (TPSA) is 27.7 Å². The molecule has 2 unspecified atom stereocenters. The summed E-state index contributed by atoms with van der Waals surface area (Å²) in [6.07, 6.45) is -0.533. The third kappa shape index (κ3) is 1.11. The molecule has 3 nitrogen and oxygen atoms in total. The predicted molar refractivity (Wildman–Crippen MR) is 38.8 cm³/mol. The summed E-state index contributed by atoms with van der Waals surface area (Å²) >= 11 is 0. The Morgan fingerprint density at radius 3 is 1.73 bits per heavy atom. The molecule has 2 fully saturated rings. The Kier molecular flexibility index (Phi) is 1.56. The van der Waals surface area contributed by atoms with Crippen LogP contribution in [0.15, 0.2) is 24.3 Å². The first-order valence-electron chi connectivity index (χ1n) is 3.51. The molecule has 0 radical (unpaired) electrons. The summed E-state index contributed by atoms with van der Waals surface area (Å²) in [5.74, 6) is 0. The van der Waals surface area contributed by atoms with E-state index < -0.39 is 0 Å². The Morgan fingerprint density at radius 2 is 1.55 bits per heavy atom. The summed E-state index contributed by atoms with van der Waals surface area (Å²) in [7, 11) is 0. The molecule has 2 aliphatic heterocycles. The normalized spacial score (nSPS) is 36.4. The van der Waals surface area contributed by atoms with Crippen molar-refractivity contribution in [3.63, 3.8) is 0 Å². The van der Waals surface area contributed by atoms with Crippen LogP contribution in [0.1, 0.15) is 0 Å². The minimum absolute atomic E-state index is 0.267. The van der Waals surface area contributed by atoms with Crippen molar-refractivity contribution in [3.05, 3.63) is 24.3 Å². The summed E-state index contributed by atoms with van der Waals surface area (Å²) in [6.45, 7) is 8.69. The summed E-state index contributed by atoms with van der Waals surface area (Å²) < 4.78 is 15.4. The molecule has 0 aromatic heterocycles. The van der Waals surface area contributed by atoms with Gasteiger partial charge < -0.3 is 14.2 Å². The molecule has 0 N–H and O–H groups in total. The molecule has 0 aliphatic carbocycles. The summed E-state index contributed by atoms with van der Waals surface area (Å²) in [5, 5.41) is 0. The molecule has 11 heavy (non-hydrogen) atoms.